The molecule has 0 atom stereocenters. The highest BCUT2D eigenvalue weighted by Crippen LogP contribution is 2.13. The first-order valence-corrected chi connectivity index (χ1v) is 7.06. The lowest BCUT2D eigenvalue weighted by Crippen LogP contribution is -2.08. The van der Waals surface area contributed by atoms with Gasteiger partial charge in [-0.2, -0.15) is 0 Å². The van der Waals surface area contributed by atoms with Crippen molar-refractivity contribution in [1.29, 1.82) is 0 Å². The Kier molecular flexibility index (Phi) is 4.40. The number of hydrogen-bond donors (Lipinski definition) is 1. The van der Waals surface area contributed by atoms with Crippen molar-refractivity contribution in [1.82, 2.24) is 15.0 Å². The minimum absolute atomic E-state index is 0.0447. The van der Waals surface area contributed by atoms with E-state index in [9.17, 15) is 4.79 Å². The van der Waals surface area contributed by atoms with E-state index < -0.39 is 0 Å². The Balaban J connectivity index is 1.70. The molecular weight excluding hydrogens is 322 g/mol. The minimum atomic E-state index is -0.370. The fourth-order valence-electron chi connectivity index (χ4n) is 1.86. The van der Waals surface area contributed by atoms with Crippen molar-refractivity contribution in [2.45, 2.75) is 13.2 Å². The van der Waals surface area contributed by atoms with Gasteiger partial charge in [0.1, 0.15) is 30.9 Å². The fraction of sp³-hybridized carbons (Fsp3) is 0.133. The molecule has 0 saturated carbocycles. The Morgan fingerprint density at radius 3 is 2.78 bits per heavy atom. The third-order valence-electron chi connectivity index (χ3n) is 3.02. The van der Waals surface area contributed by atoms with Gasteiger partial charge in [-0.05, 0) is 24.3 Å². The molecule has 0 aliphatic heterocycles. The summed E-state index contributed by atoms with van der Waals surface area (Å²) in [5, 5.41) is 17.5. The topological polar surface area (TPSA) is 90.4 Å². The monoisotopic (exact) mass is 333 g/mol. The molecule has 3 rings (SSSR count). The van der Waals surface area contributed by atoms with E-state index in [0.29, 0.717) is 10.7 Å². The molecule has 1 aromatic carbocycles. The number of halogens is 1. The van der Waals surface area contributed by atoms with Crippen LogP contribution in [0.2, 0.25) is 5.02 Å². The molecule has 2 heterocycles. The molecule has 23 heavy (non-hydrogen) atoms. The van der Waals surface area contributed by atoms with Gasteiger partial charge in [0, 0.05) is 11.1 Å². The van der Waals surface area contributed by atoms with Crippen LogP contribution in [0.25, 0.3) is 5.69 Å². The molecule has 118 valence electrons. The van der Waals surface area contributed by atoms with Crippen LogP contribution in [-0.2, 0) is 13.2 Å². The molecule has 2 aromatic heterocycles. The van der Waals surface area contributed by atoms with Crippen molar-refractivity contribution in [3.8, 4) is 11.4 Å². The van der Waals surface area contributed by atoms with Gasteiger partial charge < -0.3 is 14.3 Å². The molecular formula is C15H12ClN3O4. The normalized spacial score (nSPS) is 10.7. The highest BCUT2D eigenvalue weighted by molar-refractivity contribution is 6.30. The summed E-state index contributed by atoms with van der Waals surface area (Å²) >= 11 is 5.84. The zero-order valence-corrected chi connectivity index (χ0v) is 12.6. The third-order valence-corrected chi connectivity index (χ3v) is 3.27. The van der Waals surface area contributed by atoms with Crippen LogP contribution in [-0.4, -0.2) is 20.1 Å². The summed E-state index contributed by atoms with van der Waals surface area (Å²) in [5.41, 5.74) is 0.982. The number of aliphatic hydroxyl groups is 1. The average Bonchev–Trinajstić information content (AvgIpc) is 3.03. The van der Waals surface area contributed by atoms with E-state index in [1.165, 1.54) is 6.07 Å². The van der Waals surface area contributed by atoms with E-state index >= 15 is 0 Å². The standard InChI is InChI=1S/C15H12ClN3O4/c16-10-1-3-12(4-2-10)19-6-11(17-18-19)8-23-15-9-22-13(7-20)5-14(15)21/h1-6,9,20H,7-8H2. The smallest absolute Gasteiger partial charge is 0.227 e. The van der Waals surface area contributed by atoms with Gasteiger partial charge >= 0.3 is 0 Å². The number of benzene rings is 1. The van der Waals surface area contributed by atoms with E-state index in [4.69, 9.17) is 25.9 Å². The number of ether oxygens (including phenoxy) is 1. The quantitative estimate of drug-likeness (QED) is 0.767. The molecule has 0 bridgehead atoms. The van der Waals surface area contributed by atoms with Gasteiger partial charge in [0.2, 0.25) is 11.2 Å². The van der Waals surface area contributed by atoms with Gasteiger partial charge in [0.25, 0.3) is 0 Å². The van der Waals surface area contributed by atoms with Crippen LogP contribution in [0, 0.1) is 0 Å². The molecule has 0 radical (unpaired) electrons. The zero-order chi connectivity index (χ0) is 16.2. The van der Waals surface area contributed by atoms with Gasteiger partial charge in [-0.3, -0.25) is 4.79 Å². The van der Waals surface area contributed by atoms with Crippen molar-refractivity contribution in [2.24, 2.45) is 0 Å². The van der Waals surface area contributed by atoms with Gasteiger partial charge in [0.05, 0.1) is 11.9 Å². The van der Waals surface area contributed by atoms with Gasteiger partial charge in [0.15, 0.2) is 0 Å². The summed E-state index contributed by atoms with van der Waals surface area (Å²) in [4.78, 5) is 11.7. The van der Waals surface area contributed by atoms with Gasteiger partial charge in [-0.25, -0.2) is 4.68 Å². The lowest BCUT2D eigenvalue weighted by Gasteiger charge is -2.02. The largest absolute Gasteiger partial charge is 0.480 e. The van der Waals surface area contributed by atoms with E-state index in [-0.39, 0.29) is 30.2 Å². The maximum absolute atomic E-state index is 11.7. The molecule has 0 aliphatic carbocycles. The lowest BCUT2D eigenvalue weighted by atomic mass is 10.3. The number of aromatic nitrogens is 3. The summed E-state index contributed by atoms with van der Waals surface area (Å²) in [6.45, 7) is -0.276. The fourth-order valence-corrected chi connectivity index (χ4v) is 1.99. The predicted molar refractivity (Wildman–Crippen MR) is 81.6 cm³/mol. The Bertz CT molecular complexity index is 858. The van der Waals surface area contributed by atoms with Crippen molar-refractivity contribution in [3.05, 3.63) is 69.5 Å². The van der Waals surface area contributed by atoms with Crippen molar-refractivity contribution >= 4 is 11.6 Å². The van der Waals surface area contributed by atoms with Crippen LogP contribution >= 0.6 is 11.6 Å². The molecule has 3 aromatic rings. The van der Waals surface area contributed by atoms with Crippen molar-refractivity contribution in [3.63, 3.8) is 0 Å². The second-order valence-corrected chi connectivity index (χ2v) is 5.09. The second-order valence-electron chi connectivity index (χ2n) is 4.65. The lowest BCUT2D eigenvalue weighted by molar-refractivity contribution is 0.235. The Labute approximate surface area is 135 Å². The van der Waals surface area contributed by atoms with E-state index in [1.807, 2.05) is 12.1 Å². The predicted octanol–water partition coefficient (Wildman–Crippen LogP) is 1.95. The number of aliphatic hydroxyl groups excluding tert-OH is 1. The maximum atomic E-state index is 11.7. The first kappa shape index (κ1) is 15.3. The summed E-state index contributed by atoms with van der Waals surface area (Å²) in [7, 11) is 0. The molecule has 0 amide bonds. The van der Waals surface area contributed by atoms with E-state index in [1.54, 1.807) is 23.0 Å². The first-order valence-electron chi connectivity index (χ1n) is 6.68. The van der Waals surface area contributed by atoms with Crippen LogP contribution in [0.5, 0.6) is 5.75 Å². The van der Waals surface area contributed by atoms with Crippen molar-refractivity contribution < 1.29 is 14.3 Å². The Hall–Kier alpha value is -2.64. The second kappa shape index (κ2) is 6.64. The SMILES string of the molecule is O=c1cc(CO)occ1OCc1cn(-c2ccc(Cl)cc2)nn1. The van der Waals surface area contributed by atoms with E-state index in [2.05, 4.69) is 10.3 Å². The third kappa shape index (κ3) is 3.58. The molecule has 0 aliphatic rings. The molecule has 0 spiro atoms. The minimum Gasteiger partial charge on any atom is -0.480 e. The summed E-state index contributed by atoms with van der Waals surface area (Å²) < 4.78 is 12.0. The molecule has 8 heteroatoms. The van der Waals surface area contributed by atoms with Gasteiger partial charge in [-0.15, -0.1) is 5.10 Å². The molecule has 0 unspecified atom stereocenters. The maximum Gasteiger partial charge on any atom is 0.227 e. The Morgan fingerprint density at radius 2 is 2.09 bits per heavy atom. The molecule has 1 N–H and O–H groups in total. The zero-order valence-electron chi connectivity index (χ0n) is 11.8. The highest BCUT2D eigenvalue weighted by atomic mass is 35.5. The van der Waals surface area contributed by atoms with Crippen LogP contribution in [0.15, 0.2) is 52.0 Å². The summed E-state index contributed by atoms with van der Waals surface area (Å²) in [5.74, 6) is 0.222. The summed E-state index contributed by atoms with van der Waals surface area (Å²) in [6, 6.07) is 8.30. The van der Waals surface area contributed by atoms with Crippen LogP contribution < -0.4 is 10.2 Å². The first-order chi connectivity index (χ1) is 11.2. The number of hydrogen-bond acceptors (Lipinski definition) is 6. The molecule has 7 nitrogen and oxygen atoms in total. The number of nitrogens with zero attached hydrogens (tertiary/aromatic N) is 3. The highest BCUT2D eigenvalue weighted by Gasteiger charge is 2.07. The van der Waals surface area contributed by atoms with Crippen LogP contribution in [0.1, 0.15) is 11.5 Å². The van der Waals surface area contributed by atoms with Crippen molar-refractivity contribution in [2.75, 3.05) is 0 Å². The van der Waals surface area contributed by atoms with Crippen LogP contribution in [0.4, 0.5) is 0 Å². The Morgan fingerprint density at radius 1 is 1.30 bits per heavy atom. The molecule has 0 fully saturated rings. The van der Waals surface area contributed by atoms with Crippen LogP contribution in [0.3, 0.4) is 0 Å². The summed E-state index contributed by atoms with van der Waals surface area (Å²) in [6.07, 6.45) is 2.85. The van der Waals surface area contributed by atoms with E-state index in [0.717, 1.165) is 12.0 Å². The molecule has 0 saturated heterocycles. The van der Waals surface area contributed by atoms with Gasteiger partial charge in [-0.1, -0.05) is 16.8 Å². The average molecular weight is 334 g/mol. The number of rotatable bonds is 5.